The maximum absolute atomic E-state index is 6.07. The molecule has 0 amide bonds. The minimum atomic E-state index is -0.0261. The molecule has 0 saturated carbocycles. The Hall–Kier alpha value is -0.120. The fraction of sp³-hybridized carbons (Fsp3) is 1.00. The molecular weight excluding hydrogens is 178 g/mol. The van der Waals surface area contributed by atoms with E-state index < -0.39 is 0 Å². The third-order valence-electron chi connectivity index (χ3n) is 3.40. The van der Waals surface area contributed by atoms with Gasteiger partial charge in [0.25, 0.3) is 0 Å². The Bertz CT molecular complexity index is 217. The quantitative estimate of drug-likeness (QED) is 0.695. The van der Waals surface area contributed by atoms with E-state index in [-0.39, 0.29) is 17.3 Å². The van der Waals surface area contributed by atoms with Crippen molar-refractivity contribution in [2.45, 2.75) is 56.8 Å². The molecule has 2 heterocycles. The Balaban J connectivity index is 2.03. The van der Waals surface area contributed by atoms with Gasteiger partial charge in [0.1, 0.15) is 0 Å². The molecule has 2 aliphatic rings. The van der Waals surface area contributed by atoms with Crippen LogP contribution < -0.4 is 5.73 Å². The molecule has 0 aromatic rings. The van der Waals surface area contributed by atoms with Gasteiger partial charge in [-0.05, 0) is 33.1 Å². The van der Waals surface area contributed by atoms with Crippen LogP contribution in [0.15, 0.2) is 0 Å². The molecule has 2 aliphatic heterocycles. The van der Waals surface area contributed by atoms with Gasteiger partial charge in [-0.1, -0.05) is 0 Å². The molecule has 2 saturated heterocycles. The third kappa shape index (κ3) is 1.95. The molecule has 0 bridgehead atoms. The van der Waals surface area contributed by atoms with Gasteiger partial charge < -0.3 is 15.2 Å². The highest BCUT2D eigenvalue weighted by Crippen LogP contribution is 2.43. The smallest absolute Gasteiger partial charge is 0.0737 e. The monoisotopic (exact) mass is 199 g/mol. The first kappa shape index (κ1) is 10.4. The normalized spacial score (nSPS) is 41.8. The van der Waals surface area contributed by atoms with Gasteiger partial charge in [0.05, 0.1) is 23.9 Å². The molecule has 2 rings (SSSR count). The van der Waals surface area contributed by atoms with Crippen LogP contribution in [0.2, 0.25) is 0 Å². The second kappa shape index (κ2) is 3.47. The van der Waals surface area contributed by atoms with E-state index in [0.29, 0.717) is 6.54 Å². The van der Waals surface area contributed by atoms with Crippen molar-refractivity contribution in [3.63, 3.8) is 0 Å². The van der Waals surface area contributed by atoms with Gasteiger partial charge in [0, 0.05) is 13.0 Å². The second-order valence-corrected chi connectivity index (χ2v) is 5.23. The molecular formula is C11H21NO2. The first-order valence-electron chi connectivity index (χ1n) is 5.57. The topological polar surface area (TPSA) is 44.5 Å². The van der Waals surface area contributed by atoms with E-state index in [1.54, 1.807) is 0 Å². The maximum atomic E-state index is 6.07. The Morgan fingerprint density at radius 1 is 1.36 bits per heavy atom. The van der Waals surface area contributed by atoms with Crippen LogP contribution in [0.5, 0.6) is 0 Å². The van der Waals surface area contributed by atoms with Crippen molar-refractivity contribution in [3.05, 3.63) is 0 Å². The SMILES string of the molecule is CC1(C)CC2(CCO1)CCC(CN)O2. The van der Waals surface area contributed by atoms with E-state index in [9.17, 15) is 0 Å². The van der Waals surface area contributed by atoms with E-state index in [1.807, 2.05) is 0 Å². The van der Waals surface area contributed by atoms with E-state index in [1.165, 1.54) is 0 Å². The van der Waals surface area contributed by atoms with Gasteiger partial charge in [-0.15, -0.1) is 0 Å². The maximum Gasteiger partial charge on any atom is 0.0737 e. The van der Waals surface area contributed by atoms with Gasteiger partial charge in [-0.3, -0.25) is 0 Å². The molecule has 2 atom stereocenters. The zero-order valence-electron chi connectivity index (χ0n) is 9.21. The minimum Gasteiger partial charge on any atom is -0.375 e. The molecule has 2 N–H and O–H groups in total. The Kier molecular flexibility index (Phi) is 2.58. The summed E-state index contributed by atoms with van der Waals surface area (Å²) in [6.07, 6.45) is 4.60. The van der Waals surface area contributed by atoms with Crippen LogP contribution in [0.1, 0.15) is 39.5 Å². The van der Waals surface area contributed by atoms with Crippen LogP contribution >= 0.6 is 0 Å². The van der Waals surface area contributed by atoms with Crippen molar-refractivity contribution in [3.8, 4) is 0 Å². The van der Waals surface area contributed by atoms with Crippen LogP contribution in [0, 0.1) is 0 Å². The summed E-state index contributed by atoms with van der Waals surface area (Å²) in [6.45, 7) is 5.77. The average Bonchev–Trinajstić information content (AvgIpc) is 2.46. The molecule has 3 heteroatoms. The summed E-state index contributed by atoms with van der Waals surface area (Å²) >= 11 is 0. The molecule has 2 unspecified atom stereocenters. The van der Waals surface area contributed by atoms with E-state index in [4.69, 9.17) is 15.2 Å². The van der Waals surface area contributed by atoms with Crippen LogP contribution in [0.3, 0.4) is 0 Å². The lowest BCUT2D eigenvalue weighted by molar-refractivity contribution is -0.161. The van der Waals surface area contributed by atoms with Crippen molar-refractivity contribution in [1.29, 1.82) is 0 Å². The number of nitrogens with two attached hydrogens (primary N) is 1. The first-order chi connectivity index (χ1) is 6.55. The van der Waals surface area contributed by atoms with E-state index in [0.717, 1.165) is 32.3 Å². The van der Waals surface area contributed by atoms with Crippen molar-refractivity contribution in [2.24, 2.45) is 5.73 Å². The fourth-order valence-corrected chi connectivity index (χ4v) is 2.80. The summed E-state index contributed by atoms with van der Waals surface area (Å²) in [7, 11) is 0. The summed E-state index contributed by atoms with van der Waals surface area (Å²) in [4.78, 5) is 0. The van der Waals surface area contributed by atoms with Crippen LogP contribution in [0.4, 0.5) is 0 Å². The lowest BCUT2D eigenvalue weighted by Crippen LogP contribution is -2.46. The molecule has 82 valence electrons. The molecule has 0 aromatic heterocycles. The zero-order valence-corrected chi connectivity index (χ0v) is 9.21. The predicted molar refractivity (Wildman–Crippen MR) is 55.2 cm³/mol. The van der Waals surface area contributed by atoms with Crippen molar-refractivity contribution in [2.75, 3.05) is 13.2 Å². The van der Waals surface area contributed by atoms with E-state index in [2.05, 4.69) is 13.8 Å². The Morgan fingerprint density at radius 3 is 2.71 bits per heavy atom. The molecule has 2 fully saturated rings. The second-order valence-electron chi connectivity index (χ2n) is 5.23. The standard InChI is InChI=1S/C11H21NO2/c1-10(2)8-11(5-6-13-10)4-3-9(7-12)14-11/h9H,3-8,12H2,1-2H3. The van der Waals surface area contributed by atoms with Crippen LogP contribution in [-0.4, -0.2) is 30.5 Å². The Morgan fingerprint density at radius 2 is 2.14 bits per heavy atom. The fourth-order valence-electron chi connectivity index (χ4n) is 2.80. The highest BCUT2D eigenvalue weighted by molar-refractivity contribution is 4.96. The summed E-state index contributed by atoms with van der Waals surface area (Å²) in [5.41, 5.74) is 5.68. The molecule has 0 aliphatic carbocycles. The highest BCUT2D eigenvalue weighted by atomic mass is 16.5. The summed E-state index contributed by atoms with van der Waals surface area (Å²) in [5, 5.41) is 0. The molecule has 0 aromatic carbocycles. The molecule has 14 heavy (non-hydrogen) atoms. The van der Waals surface area contributed by atoms with Gasteiger partial charge >= 0.3 is 0 Å². The minimum absolute atomic E-state index is 0.0261. The van der Waals surface area contributed by atoms with Crippen molar-refractivity contribution < 1.29 is 9.47 Å². The van der Waals surface area contributed by atoms with E-state index >= 15 is 0 Å². The van der Waals surface area contributed by atoms with Crippen LogP contribution in [-0.2, 0) is 9.47 Å². The number of ether oxygens (including phenoxy) is 2. The lowest BCUT2D eigenvalue weighted by atomic mass is 9.82. The van der Waals surface area contributed by atoms with Gasteiger partial charge in [-0.25, -0.2) is 0 Å². The molecule has 1 spiro atoms. The van der Waals surface area contributed by atoms with Crippen molar-refractivity contribution >= 4 is 0 Å². The van der Waals surface area contributed by atoms with Gasteiger partial charge in [0.2, 0.25) is 0 Å². The number of rotatable bonds is 1. The summed E-state index contributed by atoms with van der Waals surface area (Å²) in [6, 6.07) is 0. The van der Waals surface area contributed by atoms with Gasteiger partial charge in [0.15, 0.2) is 0 Å². The lowest BCUT2D eigenvalue weighted by Gasteiger charge is -2.42. The number of hydrogen-bond donors (Lipinski definition) is 1. The highest BCUT2D eigenvalue weighted by Gasteiger charge is 2.46. The zero-order chi connectivity index (χ0) is 10.2. The Labute approximate surface area is 85.9 Å². The van der Waals surface area contributed by atoms with Crippen LogP contribution in [0.25, 0.3) is 0 Å². The first-order valence-corrected chi connectivity index (χ1v) is 5.57. The van der Waals surface area contributed by atoms with Gasteiger partial charge in [-0.2, -0.15) is 0 Å². The summed E-state index contributed by atoms with van der Waals surface area (Å²) in [5.74, 6) is 0. The third-order valence-corrected chi connectivity index (χ3v) is 3.40. The average molecular weight is 199 g/mol. The molecule has 3 nitrogen and oxygen atoms in total. The van der Waals surface area contributed by atoms with Crippen molar-refractivity contribution in [1.82, 2.24) is 0 Å². The summed E-state index contributed by atoms with van der Waals surface area (Å²) < 4.78 is 11.8. The predicted octanol–water partition coefficient (Wildman–Crippen LogP) is 1.45. The largest absolute Gasteiger partial charge is 0.375 e. The molecule has 0 radical (unpaired) electrons. The number of hydrogen-bond acceptors (Lipinski definition) is 3.